The second-order valence-corrected chi connectivity index (χ2v) is 6.80. The summed E-state index contributed by atoms with van der Waals surface area (Å²) < 4.78 is 2.20. The summed E-state index contributed by atoms with van der Waals surface area (Å²) in [4.78, 5) is 0. The van der Waals surface area contributed by atoms with Gasteiger partial charge in [-0.25, -0.2) is 0 Å². The first-order chi connectivity index (χ1) is 10.1. The number of hydrogen-bond acceptors (Lipinski definition) is 3. The summed E-state index contributed by atoms with van der Waals surface area (Å²) in [6.45, 7) is 11.3. The minimum Gasteiger partial charge on any atom is -0.302 e. The van der Waals surface area contributed by atoms with Crippen molar-refractivity contribution in [2.75, 3.05) is 5.75 Å². The minimum atomic E-state index is 0.641. The highest BCUT2D eigenvalue weighted by molar-refractivity contribution is 7.99. The summed E-state index contributed by atoms with van der Waals surface area (Å²) in [5.74, 6) is 2.71. The Morgan fingerprint density at radius 2 is 1.95 bits per heavy atom. The van der Waals surface area contributed by atoms with Crippen LogP contribution in [0.25, 0.3) is 0 Å². The van der Waals surface area contributed by atoms with Gasteiger partial charge in [0.2, 0.25) is 0 Å². The fraction of sp³-hybridized carbons (Fsp3) is 0.412. The smallest absolute Gasteiger partial charge is 0.191 e. The molecule has 1 aromatic carbocycles. The van der Waals surface area contributed by atoms with E-state index in [-0.39, 0.29) is 0 Å². The van der Waals surface area contributed by atoms with Gasteiger partial charge in [0.05, 0.1) is 0 Å². The molecule has 1 heterocycles. The normalized spacial score (nSPS) is 11.0. The lowest BCUT2D eigenvalue weighted by molar-refractivity contribution is 0.665. The molecule has 0 radical (unpaired) electrons. The van der Waals surface area contributed by atoms with Crippen LogP contribution in [-0.2, 0) is 13.0 Å². The van der Waals surface area contributed by atoms with Crippen LogP contribution in [-0.4, -0.2) is 20.5 Å². The highest BCUT2D eigenvalue weighted by Gasteiger charge is 2.13. The Balaban J connectivity index is 2.21. The quantitative estimate of drug-likeness (QED) is 0.567. The first-order valence-corrected chi connectivity index (χ1v) is 8.28. The van der Waals surface area contributed by atoms with E-state index in [0.717, 1.165) is 35.3 Å². The van der Waals surface area contributed by atoms with E-state index in [1.54, 1.807) is 11.8 Å². The Morgan fingerprint density at radius 1 is 1.24 bits per heavy atom. The van der Waals surface area contributed by atoms with Gasteiger partial charge in [0.25, 0.3) is 0 Å². The molecule has 0 aliphatic rings. The van der Waals surface area contributed by atoms with E-state index in [4.69, 9.17) is 0 Å². The van der Waals surface area contributed by atoms with Crippen molar-refractivity contribution >= 4 is 11.8 Å². The molecule has 1 aromatic heterocycles. The number of benzene rings is 1. The van der Waals surface area contributed by atoms with Crippen molar-refractivity contribution in [2.24, 2.45) is 5.92 Å². The molecule has 0 bridgehead atoms. The summed E-state index contributed by atoms with van der Waals surface area (Å²) in [5, 5.41) is 9.76. The molecule has 2 rings (SSSR count). The van der Waals surface area contributed by atoms with Crippen molar-refractivity contribution in [2.45, 2.75) is 38.9 Å². The predicted molar refractivity (Wildman–Crippen MR) is 89.6 cm³/mol. The highest BCUT2D eigenvalue weighted by atomic mass is 32.2. The first kappa shape index (κ1) is 15.8. The molecule has 0 fully saturated rings. The molecule has 112 valence electrons. The van der Waals surface area contributed by atoms with Gasteiger partial charge < -0.3 is 4.57 Å². The summed E-state index contributed by atoms with van der Waals surface area (Å²) >= 11 is 1.78. The van der Waals surface area contributed by atoms with Crippen molar-refractivity contribution in [1.29, 1.82) is 0 Å². The Hall–Kier alpha value is -1.55. The number of rotatable bonds is 7. The van der Waals surface area contributed by atoms with E-state index < -0.39 is 0 Å². The van der Waals surface area contributed by atoms with Crippen molar-refractivity contribution in [3.8, 4) is 0 Å². The molecule has 0 amide bonds. The van der Waals surface area contributed by atoms with Crippen LogP contribution in [0.2, 0.25) is 0 Å². The molecule has 0 spiro atoms. The molecular formula is C17H23N3S. The fourth-order valence-electron chi connectivity index (χ4n) is 2.00. The van der Waals surface area contributed by atoms with Gasteiger partial charge in [0.1, 0.15) is 5.82 Å². The van der Waals surface area contributed by atoms with Gasteiger partial charge in [-0.2, -0.15) is 0 Å². The molecule has 0 saturated heterocycles. The maximum atomic E-state index is 4.39. The molecule has 0 aliphatic carbocycles. The van der Waals surface area contributed by atoms with Crippen molar-refractivity contribution in [1.82, 2.24) is 14.8 Å². The molecular weight excluding hydrogens is 278 g/mol. The van der Waals surface area contributed by atoms with Gasteiger partial charge in [0, 0.05) is 18.7 Å². The number of aromatic nitrogens is 3. The van der Waals surface area contributed by atoms with Crippen LogP contribution in [0.15, 0.2) is 47.6 Å². The van der Waals surface area contributed by atoms with Crippen LogP contribution in [0.4, 0.5) is 0 Å². The van der Waals surface area contributed by atoms with E-state index in [1.807, 2.05) is 13.0 Å². The summed E-state index contributed by atoms with van der Waals surface area (Å²) in [6, 6.07) is 10.4. The second kappa shape index (κ2) is 7.46. The zero-order valence-corrected chi connectivity index (χ0v) is 13.9. The van der Waals surface area contributed by atoms with Gasteiger partial charge in [-0.3, -0.25) is 0 Å². The third kappa shape index (κ3) is 4.74. The van der Waals surface area contributed by atoms with E-state index in [1.165, 1.54) is 5.56 Å². The average molecular weight is 301 g/mol. The largest absolute Gasteiger partial charge is 0.302 e. The number of nitrogens with zero attached hydrogens (tertiary/aromatic N) is 3. The molecule has 2 aromatic rings. The molecule has 0 saturated carbocycles. The zero-order valence-electron chi connectivity index (χ0n) is 13.0. The predicted octanol–water partition coefficient (Wildman–Crippen LogP) is 4.19. The molecule has 4 heteroatoms. The molecule has 0 unspecified atom stereocenters. The Labute approximate surface area is 131 Å². The maximum Gasteiger partial charge on any atom is 0.191 e. The van der Waals surface area contributed by atoms with E-state index in [2.05, 4.69) is 59.5 Å². The van der Waals surface area contributed by atoms with Crippen LogP contribution >= 0.6 is 11.8 Å². The third-order valence-electron chi connectivity index (χ3n) is 2.97. The van der Waals surface area contributed by atoms with Crippen molar-refractivity contribution < 1.29 is 0 Å². The Bertz CT molecular complexity index is 587. The van der Waals surface area contributed by atoms with Gasteiger partial charge in [0.15, 0.2) is 5.16 Å². The van der Waals surface area contributed by atoms with Gasteiger partial charge in [-0.05, 0) is 18.4 Å². The molecule has 0 aliphatic heterocycles. The number of thioether (sulfide) groups is 1. The SMILES string of the molecule is C=C(C)Cn1c(Cc2ccccc2)nnc1SCC(C)C. The second-order valence-electron chi connectivity index (χ2n) is 5.81. The van der Waals surface area contributed by atoms with Crippen LogP contribution in [0.3, 0.4) is 0 Å². The Kier molecular flexibility index (Phi) is 5.62. The highest BCUT2D eigenvalue weighted by Crippen LogP contribution is 2.22. The van der Waals surface area contributed by atoms with Crippen LogP contribution in [0.5, 0.6) is 0 Å². The maximum absolute atomic E-state index is 4.39. The summed E-state index contributed by atoms with van der Waals surface area (Å²) in [6.07, 6.45) is 0.809. The van der Waals surface area contributed by atoms with E-state index >= 15 is 0 Å². The van der Waals surface area contributed by atoms with Crippen LogP contribution in [0.1, 0.15) is 32.2 Å². The van der Waals surface area contributed by atoms with Gasteiger partial charge in [-0.15, -0.1) is 10.2 Å². The van der Waals surface area contributed by atoms with Crippen LogP contribution in [0, 0.1) is 5.92 Å². The van der Waals surface area contributed by atoms with Crippen molar-refractivity contribution in [3.05, 3.63) is 53.9 Å². The molecule has 0 N–H and O–H groups in total. The van der Waals surface area contributed by atoms with Crippen molar-refractivity contribution in [3.63, 3.8) is 0 Å². The lowest BCUT2D eigenvalue weighted by Gasteiger charge is -2.10. The lowest BCUT2D eigenvalue weighted by atomic mass is 10.1. The Morgan fingerprint density at radius 3 is 2.57 bits per heavy atom. The van der Waals surface area contributed by atoms with Gasteiger partial charge in [-0.1, -0.05) is 68.1 Å². The summed E-state index contributed by atoms with van der Waals surface area (Å²) in [5.41, 5.74) is 2.38. The number of allylic oxidation sites excluding steroid dienone is 1. The molecule has 0 atom stereocenters. The van der Waals surface area contributed by atoms with E-state index in [9.17, 15) is 0 Å². The molecule has 3 nitrogen and oxygen atoms in total. The fourth-order valence-corrected chi connectivity index (χ4v) is 2.91. The zero-order chi connectivity index (χ0) is 15.2. The van der Waals surface area contributed by atoms with Crippen LogP contribution < -0.4 is 0 Å². The third-order valence-corrected chi connectivity index (χ3v) is 4.37. The molecule has 21 heavy (non-hydrogen) atoms. The number of hydrogen-bond donors (Lipinski definition) is 0. The van der Waals surface area contributed by atoms with E-state index in [0.29, 0.717) is 5.92 Å². The lowest BCUT2D eigenvalue weighted by Crippen LogP contribution is -2.07. The van der Waals surface area contributed by atoms with Gasteiger partial charge >= 0.3 is 0 Å². The first-order valence-electron chi connectivity index (χ1n) is 7.29. The average Bonchev–Trinajstić information content (AvgIpc) is 2.79. The standard InChI is InChI=1S/C17H23N3S/c1-13(2)11-20-16(10-15-8-6-5-7-9-15)18-19-17(20)21-12-14(3)4/h5-9,14H,1,10-12H2,2-4H3. The summed E-state index contributed by atoms with van der Waals surface area (Å²) in [7, 11) is 0. The topological polar surface area (TPSA) is 30.7 Å². The monoisotopic (exact) mass is 301 g/mol. The minimum absolute atomic E-state index is 0.641.